The van der Waals surface area contributed by atoms with Crippen LogP contribution in [0.2, 0.25) is 0 Å². The highest BCUT2D eigenvalue weighted by Gasteiger charge is 2.20. The second kappa shape index (κ2) is 6.05. The van der Waals surface area contributed by atoms with E-state index in [-0.39, 0.29) is 0 Å². The molecule has 2 aromatic rings. The van der Waals surface area contributed by atoms with Crippen LogP contribution in [-0.2, 0) is 12.8 Å². The molecule has 1 saturated carbocycles. The number of methoxy groups -OCH3 is 1. The third-order valence-corrected chi connectivity index (χ3v) is 3.39. The van der Waals surface area contributed by atoms with E-state index in [4.69, 9.17) is 9.15 Å². The van der Waals surface area contributed by atoms with Crippen molar-refractivity contribution in [3.63, 3.8) is 0 Å². The number of hydrogen-bond acceptors (Lipinski definition) is 5. The van der Waals surface area contributed by atoms with Crippen LogP contribution in [0.4, 0.5) is 0 Å². The van der Waals surface area contributed by atoms with Crippen LogP contribution in [0.15, 0.2) is 28.7 Å². The Morgan fingerprint density at radius 3 is 2.85 bits per heavy atom. The van der Waals surface area contributed by atoms with E-state index in [2.05, 4.69) is 15.5 Å². The van der Waals surface area contributed by atoms with Gasteiger partial charge in [0.2, 0.25) is 11.8 Å². The Kier molecular flexibility index (Phi) is 3.97. The molecule has 0 radical (unpaired) electrons. The van der Waals surface area contributed by atoms with Crippen LogP contribution in [0.5, 0.6) is 5.75 Å². The van der Waals surface area contributed by atoms with Crippen molar-refractivity contribution < 1.29 is 9.15 Å². The minimum absolute atomic E-state index is 0.604. The topological polar surface area (TPSA) is 60.2 Å². The first-order valence-electron chi connectivity index (χ1n) is 7.01. The molecule has 5 heteroatoms. The van der Waals surface area contributed by atoms with Crippen molar-refractivity contribution in [2.75, 3.05) is 13.7 Å². The summed E-state index contributed by atoms with van der Waals surface area (Å²) in [6.07, 6.45) is 3.98. The normalized spacial score (nSPS) is 14.4. The van der Waals surface area contributed by atoms with E-state index in [1.807, 2.05) is 24.3 Å². The molecule has 1 aromatic heterocycles. The molecule has 0 atom stereocenters. The number of aromatic nitrogens is 2. The zero-order chi connectivity index (χ0) is 13.8. The molecule has 1 N–H and O–H groups in total. The lowest BCUT2D eigenvalue weighted by Gasteiger charge is -2.05. The highest BCUT2D eigenvalue weighted by Crippen LogP contribution is 2.21. The second-order valence-electron chi connectivity index (χ2n) is 5.06. The van der Waals surface area contributed by atoms with E-state index in [0.717, 1.165) is 24.3 Å². The molecule has 106 valence electrons. The molecule has 1 aliphatic carbocycles. The van der Waals surface area contributed by atoms with Crippen LogP contribution < -0.4 is 10.1 Å². The van der Waals surface area contributed by atoms with Gasteiger partial charge >= 0.3 is 0 Å². The Morgan fingerprint density at radius 1 is 1.25 bits per heavy atom. The SMILES string of the molecule is COc1ccccc1Cc1nnc(CCNC2CC2)o1. The lowest BCUT2D eigenvalue weighted by Crippen LogP contribution is -2.19. The summed E-state index contributed by atoms with van der Waals surface area (Å²) in [6, 6.07) is 8.59. The van der Waals surface area contributed by atoms with E-state index in [1.54, 1.807) is 7.11 Å². The van der Waals surface area contributed by atoms with Gasteiger partial charge in [-0.05, 0) is 18.9 Å². The number of nitrogens with zero attached hydrogens (tertiary/aromatic N) is 2. The number of hydrogen-bond donors (Lipinski definition) is 1. The molecule has 0 amide bonds. The molecule has 1 heterocycles. The minimum Gasteiger partial charge on any atom is -0.496 e. The third-order valence-electron chi connectivity index (χ3n) is 3.39. The fraction of sp³-hybridized carbons (Fsp3) is 0.467. The van der Waals surface area contributed by atoms with E-state index in [9.17, 15) is 0 Å². The summed E-state index contributed by atoms with van der Waals surface area (Å²) in [6.45, 7) is 0.904. The van der Waals surface area contributed by atoms with Gasteiger partial charge in [0.05, 0.1) is 13.5 Å². The maximum Gasteiger partial charge on any atom is 0.221 e. The average Bonchev–Trinajstić information content (AvgIpc) is 3.19. The first-order valence-corrected chi connectivity index (χ1v) is 7.01. The van der Waals surface area contributed by atoms with Gasteiger partial charge in [-0.3, -0.25) is 0 Å². The van der Waals surface area contributed by atoms with Gasteiger partial charge in [-0.15, -0.1) is 10.2 Å². The van der Waals surface area contributed by atoms with Gasteiger partial charge in [0.1, 0.15) is 5.75 Å². The van der Waals surface area contributed by atoms with Crippen molar-refractivity contribution >= 4 is 0 Å². The second-order valence-corrected chi connectivity index (χ2v) is 5.06. The highest BCUT2D eigenvalue weighted by molar-refractivity contribution is 5.34. The molecule has 0 aliphatic heterocycles. The molecular weight excluding hydrogens is 254 g/mol. The summed E-state index contributed by atoms with van der Waals surface area (Å²) in [5, 5.41) is 11.6. The predicted molar refractivity (Wildman–Crippen MR) is 74.8 cm³/mol. The molecule has 3 rings (SSSR count). The summed E-state index contributed by atoms with van der Waals surface area (Å²) in [7, 11) is 1.67. The Balaban J connectivity index is 1.58. The maximum atomic E-state index is 5.67. The number of benzene rings is 1. The Hall–Kier alpha value is -1.88. The van der Waals surface area contributed by atoms with E-state index >= 15 is 0 Å². The van der Waals surface area contributed by atoms with Gasteiger partial charge in [0, 0.05) is 24.6 Å². The van der Waals surface area contributed by atoms with Crippen molar-refractivity contribution in [1.82, 2.24) is 15.5 Å². The molecule has 0 spiro atoms. The largest absolute Gasteiger partial charge is 0.496 e. The van der Waals surface area contributed by atoms with E-state index < -0.39 is 0 Å². The molecule has 0 saturated heterocycles. The minimum atomic E-state index is 0.604. The Morgan fingerprint density at radius 2 is 2.05 bits per heavy atom. The summed E-state index contributed by atoms with van der Waals surface area (Å²) >= 11 is 0. The van der Waals surface area contributed by atoms with Crippen LogP contribution >= 0.6 is 0 Å². The van der Waals surface area contributed by atoms with Gasteiger partial charge in [-0.25, -0.2) is 0 Å². The van der Waals surface area contributed by atoms with Crippen molar-refractivity contribution in [3.05, 3.63) is 41.6 Å². The molecule has 1 aromatic carbocycles. The van der Waals surface area contributed by atoms with Crippen LogP contribution in [-0.4, -0.2) is 29.9 Å². The highest BCUT2D eigenvalue weighted by atomic mass is 16.5. The van der Waals surface area contributed by atoms with Crippen LogP contribution in [0.25, 0.3) is 0 Å². The van der Waals surface area contributed by atoms with Gasteiger partial charge in [-0.1, -0.05) is 18.2 Å². The first kappa shape index (κ1) is 13.1. The molecule has 5 nitrogen and oxygen atoms in total. The summed E-state index contributed by atoms with van der Waals surface area (Å²) in [5.41, 5.74) is 1.06. The average molecular weight is 273 g/mol. The van der Waals surface area contributed by atoms with Crippen molar-refractivity contribution in [3.8, 4) is 5.75 Å². The standard InChI is InChI=1S/C15H19N3O2/c1-19-13-5-3-2-4-11(13)10-15-18-17-14(20-15)8-9-16-12-6-7-12/h2-5,12,16H,6-10H2,1H3. The van der Waals surface area contributed by atoms with Gasteiger partial charge in [0.15, 0.2) is 0 Å². The van der Waals surface area contributed by atoms with Crippen LogP contribution in [0, 0.1) is 0 Å². The van der Waals surface area contributed by atoms with Gasteiger partial charge < -0.3 is 14.5 Å². The lowest BCUT2D eigenvalue weighted by atomic mass is 10.1. The molecule has 0 unspecified atom stereocenters. The molecule has 0 bridgehead atoms. The van der Waals surface area contributed by atoms with Crippen molar-refractivity contribution in [2.24, 2.45) is 0 Å². The number of ether oxygens (including phenoxy) is 1. The smallest absolute Gasteiger partial charge is 0.221 e. The number of para-hydroxylation sites is 1. The number of nitrogens with one attached hydrogen (secondary N) is 1. The van der Waals surface area contributed by atoms with Crippen LogP contribution in [0.3, 0.4) is 0 Å². The van der Waals surface area contributed by atoms with Crippen LogP contribution in [0.1, 0.15) is 30.2 Å². The van der Waals surface area contributed by atoms with Gasteiger partial charge in [-0.2, -0.15) is 0 Å². The summed E-state index contributed by atoms with van der Waals surface area (Å²) in [4.78, 5) is 0. The fourth-order valence-corrected chi connectivity index (χ4v) is 2.14. The Bertz CT molecular complexity index is 564. The molecule has 1 aliphatic rings. The monoisotopic (exact) mass is 273 g/mol. The molecule has 20 heavy (non-hydrogen) atoms. The summed E-state index contributed by atoms with van der Waals surface area (Å²) < 4.78 is 11.0. The van der Waals surface area contributed by atoms with E-state index in [0.29, 0.717) is 24.2 Å². The number of rotatable bonds is 7. The predicted octanol–water partition coefficient (Wildman–Crippen LogP) is 1.96. The maximum absolute atomic E-state index is 5.67. The van der Waals surface area contributed by atoms with Crippen molar-refractivity contribution in [2.45, 2.75) is 31.7 Å². The Labute approximate surface area is 118 Å². The third kappa shape index (κ3) is 3.36. The quantitative estimate of drug-likeness (QED) is 0.835. The van der Waals surface area contributed by atoms with E-state index in [1.165, 1.54) is 12.8 Å². The zero-order valence-corrected chi connectivity index (χ0v) is 11.6. The first-order chi connectivity index (χ1) is 9.85. The molecule has 1 fully saturated rings. The summed E-state index contributed by atoms with van der Waals surface area (Å²) in [5.74, 6) is 2.18. The molecular formula is C15H19N3O2. The van der Waals surface area contributed by atoms with Gasteiger partial charge in [0.25, 0.3) is 0 Å². The lowest BCUT2D eigenvalue weighted by molar-refractivity contribution is 0.406. The zero-order valence-electron chi connectivity index (χ0n) is 11.6. The fourth-order valence-electron chi connectivity index (χ4n) is 2.14. The van der Waals surface area contributed by atoms with Crippen molar-refractivity contribution in [1.29, 1.82) is 0 Å².